The van der Waals surface area contributed by atoms with E-state index in [1.807, 2.05) is 33.0 Å². The van der Waals surface area contributed by atoms with Crippen LogP contribution < -0.4 is 5.46 Å². The van der Waals surface area contributed by atoms with Crippen LogP contribution in [0.3, 0.4) is 0 Å². The van der Waals surface area contributed by atoms with Crippen LogP contribution in [0.4, 0.5) is 4.79 Å². The van der Waals surface area contributed by atoms with Crippen LogP contribution >= 0.6 is 0 Å². The zero-order valence-electron chi connectivity index (χ0n) is 18.2. The molecule has 2 fully saturated rings. The summed E-state index contributed by atoms with van der Waals surface area (Å²) in [6.45, 7) is 15.2. The Kier molecular flexibility index (Phi) is 5.54. The normalized spacial score (nSPS) is 24.3. The van der Waals surface area contributed by atoms with Crippen molar-refractivity contribution in [1.29, 1.82) is 0 Å². The topological polar surface area (TPSA) is 60.9 Å². The van der Waals surface area contributed by atoms with Crippen molar-refractivity contribution in [3.05, 3.63) is 24.0 Å². The van der Waals surface area contributed by atoms with Gasteiger partial charge < -0.3 is 18.9 Å². The Labute approximate surface area is 169 Å². The second-order valence-corrected chi connectivity index (χ2v) is 9.87. The highest BCUT2D eigenvalue weighted by Crippen LogP contribution is 2.36. The third kappa shape index (κ3) is 4.52. The van der Waals surface area contributed by atoms with Gasteiger partial charge in [-0.1, -0.05) is 0 Å². The number of likely N-dealkylation sites (tertiary alicyclic amines) is 1. The van der Waals surface area contributed by atoms with Gasteiger partial charge in [-0.25, -0.2) is 4.79 Å². The highest BCUT2D eigenvalue weighted by molar-refractivity contribution is 6.62. The molecular weight excluding hydrogens is 355 g/mol. The van der Waals surface area contributed by atoms with Crippen molar-refractivity contribution in [2.75, 3.05) is 13.1 Å². The lowest BCUT2D eigenvalue weighted by Crippen LogP contribution is -2.42. The molecule has 2 aliphatic rings. The maximum absolute atomic E-state index is 12.5. The number of aromatic nitrogens is 1. The minimum absolute atomic E-state index is 0.184. The molecule has 28 heavy (non-hydrogen) atoms. The van der Waals surface area contributed by atoms with Crippen LogP contribution in [0.15, 0.2) is 18.3 Å². The molecule has 3 heterocycles. The molecule has 1 unspecified atom stereocenters. The van der Waals surface area contributed by atoms with Crippen LogP contribution in [0.1, 0.15) is 72.9 Å². The molecule has 1 aromatic heterocycles. The number of amides is 1. The zero-order chi connectivity index (χ0) is 20.7. The number of carbonyl (C=O) groups excluding carboxylic acids is 1. The first-order valence-electron chi connectivity index (χ1n) is 10.2. The summed E-state index contributed by atoms with van der Waals surface area (Å²) in [5.74, 6) is 0.184. The van der Waals surface area contributed by atoms with Crippen LogP contribution in [-0.2, 0) is 14.0 Å². The van der Waals surface area contributed by atoms with E-state index in [2.05, 4.69) is 38.7 Å². The first-order valence-corrected chi connectivity index (χ1v) is 10.2. The van der Waals surface area contributed by atoms with Gasteiger partial charge in [0.05, 0.1) is 11.2 Å². The number of rotatable bonds is 2. The molecule has 0 spiro atoms. The van der Waals surface area contributed by atoms with Crippen molar-refractivity contribution in [1.82, 2.24) is 9.88 Å². The molecule has 1 atom stereocenters. The van der Waals surface area contributed by atoms with Crippen LogP contribution in [0.25, 0.3) is 0 Å². The fraction of sp³-hybridized carbons (Fsp3) is 0.714. The van der Waals surface area contributed by atoms with E-state index in [0.29, 0.717) is 6.54 Å². The van der Waals surface area contributed by atoms with Gasteiger partial charge in [-0.05, 0) is 78.9 Å². The number of carbonyl (C=O) groups is 1. The first kappa shape index (κ1) is 21.1. The number of hydrogen-bond acceptors (Lipinski definition) is 5. The summed E-state index contributed by atoms with van der Waals surface area (Å²) in [6.07, 6.45) is 3.49. The quantitative estimate of drug-likeness (QED) is 0.726. The minimum Gasteiger partial charge on any atom is -0.444 e. The van der Waals surface area contributed by atoms with E-state index in [1.165, 1.54) is 0 Å². The summed E-state index contributed by atoms with van der Waals surface area (Å²) in [4.78, 5) is 18.8. The lowest BCUT2D eigenvalue weighted by atomic mass is 9.78. The molecule has 6 nitrogen and oxygen atoms in total. The maximum Gasteiger partial charge on any atom is 0.494 e. The number of nitrogens with zero attached hydrogens (tertiary/aromatic N) is 2. The Bertz CT molecular complexity index is 713. The minimum atomic E-state index is -0.487. The van der Waals surface area contributed by atoms with Crippen molar-refractivity contribution < 1.29 is 18.8 Å². The number of pyridine rings is 1. The van der Waals surface area contributed by atoms with Gasteiger partial charge in [-0.2, -0.15) is 0 Å². The molecule has 0 aromatic carbocycles. The number of piperidine rings is 1. The molecule has 0 bridgehead atoms. The first-order chi connectivity index (χ1) is 12.9. The number of ether oxygens (including phenoxy) is 1. The summed E-state index contributed by atoms with van der Waals surface area (Å²) in [6, 6.07) is 4.01. The zero-order valence-corrected chi connectivity index (χ0v) is 18.2. The fourth-order valence-corrected chi connectivity index (χ4v) is 3.53. The summed E-state index contributed by atoms with van der Waals surface area (Å²) < 4.78 is 17.9. The molecule has 0 saturated carbocycles. The summed E-state index contributed by atoms with van der Waals surface area (Å²) in [5.41, 5.74) is 0.705. The predicted molar refractivity (Wildman–Crippen MR) is 110 cm³/mol. The predicted octanol–water partition coefficient (Wildman–Crippen LogP) is 3.50. The van der Waals surface area contributed by atoms with Crippen molar-refractivity contribution >= 4 is 18.7 Å². The fourth-order valence-electron chi connectivity index (χ4n) is 3.53. The van der Waals surface area contributed by atoms with Crippen LogP contribution in [0, 0.1) is 0 Å². The smallest absolute Gasteiger partial charge is 0.444 e. The Morgan fingerprint density at radius 2 is 1.89 bits per heavy atom. The van der Waals surface area contributed by atoms with E-state index in [9.17, 15) is 4.79 Å². The monoisotopic (exact) mass is 388 g/mol. The van der Waals surface area contributed by atoms with E-state index < -0.39 is 12.7 Å². The van der Waals surface area contributed by atoms with Gasteiger partial charge in [0.1, 0.15) is 5.60 Å². The molecule has 0 aliphatic carbocycles. The molecule has 0 radical (unpaired) electrons. The third-order valence-electron chi connectivity index (χ3n) is 5.82. The molecular formula is C21H33BN2O4. The van der Waals surface area contributed by atoms with Gasteiger partial charge in [0, 0.05) is 30.9 Å². The lowest BCUT2D eigenvalue weighted by Gasteiger charge is -2.34. The second-order valence-electron chi connectivity index (χ2n) is 9.87. The Morgan fingerprint density at radius 1 is 1.25 bits per heavy atom. The molecule has 154 valence electrons. The lowest BCUT2D eigenvalue weighted by molar-refractivity contribution is 0.00578. The van der Waals surface area contributed by atoms with Gasteiger partial charge >= 0.3 is 13.2 Å². The largest absolute Gasteiger partial charge is 0.494 e. The SMILES string of the molecule is CC(C)(C)OC(=O)N1CCCC(c2cc(B3OC(C)(C)C(C)(C)O3)ccn2)C1. The standard InChI is InChI=1S/C21H33BN2O4/c1-19(2,3)26-18(25)24-12-8-9-15(14-24)17-13-16(10-11-23-17)22-27-20(4,5)21(6,7)28-22/h10-11,13,15H,8-9,12,14H2,1-7H3. The molecule has 1 amide bonds. The van der Waals surface area contributed by atoms with Crippen LogP contribution in [0.2, 0.25) is 0 Å². The van der Waals surface area contributed by atoms with Gasteiger partial charge in [0.15, 0.2) is 0 Å². The van der Waals surface area contributed by atoms with E-state index in [-0.39, 0.29) is 23.2 Å². The third-order valence-corrected chi connectivity index (χ3v) is 5.82. The summed E-state index contributed by atoms with van der Waals surface area (Å²) in [5, 5.41) is 0. The van der Waals surface area contributed by atoms with Gasteiger partial charge in [-0.3, -0.25) is 4.98 Å². The molecule has 1 aromatic rings. The molecule has 7 heteroatoms. The summed E-state index contributed by atoms with van der Waals surface area (Å²) in [7, 11) is -0.405. The molecule has 3 rings (SSSR count). The Morgan fingerprint density at radius 3 is 2.50 bits per heavy atom. The molecule has 0 N–H and O–H groups in total. The van der Waals surface area contributed by atoms with Gasteiger partial charge in [0.2, 0.25) is 0 Å². The van der Waals surface area contributed by atoms with Crippen molar-refractivity contribution in [3.63, 3.8) is 0 Å². The van der Waals surface area contributed by atoms with Crippen molar-refractivity contribution in [2.45, 2.75) is 84.0 Å². The second kappa shape index (κ2) is 7.34. The van der Waals surface area contributed by atoms with Crippen LogP contribution in [0.5, 0.6) is 0 Å². The Hall–Kier alpha value is -1.60. The van der Waals surface area contributed by atoms with Crippen molar-refractivity contribution in [2.24, 2.45) is 0 Å². The van der Waals surface area contributed by atoms with E-state index in [4.69, 9.17) is 14.0 Å². The average Bonchev–Trinajstić information content (AvgIpc) is 2.81. The number of hydrogen-bond donors (Lipinski definition) is 0. The highest BCUT2D eigenvalue weighted by atomic mass is 16.7. The van der Waals surface area contributed by atoms with E-state index in [1.54, 1.807) is 4.90 Å². The maximum atomic E-state index is 12.5. The van der Waals surface area contributed by atoms with Gasteiger partial charge in [-0.15, -0.1) is 0 Å². The van der Waals surface area contributed by atoms with Crippen molar-refractivity contribution in [3.8, 4) is 0 Å². The molecule has 2 saturated heterocycles. The van der Waals surface area contributed by atoms with Crippen LogP contribution in [-0.4, -0.2) is 53.0 Å². The van der Waals surface area contributed by atoms with E-state index in [0.717, 1.165) is 30.5 Å². The Balaban J connectivity index is 1.73. The summed E-state index contributed by atoms with van der Waals surface area (Å²) >= 11 is 0. The highest BCUT2D eigenvalue weighted by Gasteiger charge is 2.51. The van der Waals surface area contributed by atoms with Gasteiger partial charge in [0.25, 0.3) is 0 Å². The average molecular weight is 388 g/mol. The molecule has 2 aliphatic heterocycles. The van der Waals surface area contributed by atoms with E-state index >= 15 is 0 Å².